The van der Waals surface area contributed by atoms with Gasteiger partial charge in [-0.05, 0) is 48.7 Å². The molecule has 10 nitrogen and oxygen atoms in total. The molecule has 1 aliphatic rings. The smallest absolute Gasteiger partial charge is 0.256 e. The van der Waals surface area contributed by atoms with Crippen molar-refractivity contribution in [1.82, 2.24) is 29.6 Å². The number of nitrogens with zero attached hydrogens (tertiary/aromatic N) is 6. The Morgan fingerprint density at radius 1 is 1.19 bits per heavy atom. The van der Waals surface area contributed by atoms with Gasteiger partial charge in [0.25, 0.3) is 5.91 Å². The molecule has 5 rings (SSSR count). The van der Waals surface area contributed by atoms with Crippen molar-refractivity contribution in [3.63, 3.8) is 0 Å². The van der Waals surface area contributed by atoms with Gasteiger partial charge in [-0.15, -0.1) is 0 Å². The van der Waals surface area contributed by atoms with Crippen LogP contribution in [-0.4, -0.2) is 54.5 Å². The average Bonchev–Trinajstić information content (AvgIpc) is 3.55. The number of amides is 2. The third-order valence-electron chi connectivity index (χ3n) is 6.54. The van der Waals surface area contributed by atoms with Gasteiger partial charge in [0.05, 0.1) is 11.4 Å². The highest BCUT2D eigenvalue weighted by atomic mass is 16.2. The molecule has 3 N–H and O–H groups in total. The number of rotatable bonds is 7. The summed E-state index contributed by atoms with van der Waals surface area (Å²) in [5.74, 6) is 0.497. The van der Waals surface area contributed by atoms with Gasteiger partial charge in [-0.2, -0.15) is 5.10 Å². The molecule has 2 amide bonds. The summed E-state index contributed by atoms with van der Waals surface area (Å²) < 4.78 is 1.83. The van der Waals surface area contributed by atoms with Crippen LogP contribution in [0.25, 0.3) is 22.3 Å². The number of hydrogen-bond donors (Lipinski definition) is 2. The molecule has 1 fully saturated rings. The zero-order valence-corrected chi connectivity index (χ0v) is 20.6. The maximum absolute atomic E-state index is 12.8. The quantitative estimate of drug-likeness (QED) is 0.373. The summed E-state index contributed by atoms with van der Waals surface area (Å²) in [6.45, 7) is 6.82. The minimum Gasteiger partial charge on any atom is -0.383 e. The third kappa shape index (κ3) is 4.77. The van der Waals surface area contributed by atoms with Gasteiger partial charge < -0.3 is 16.0 Å². The van der Waals surface area contributed by atoms with Crippen LogP contribution in [0.2, 0.25) is 0 Å². The number of aromatic nitrogens is 5. The molecule has 4 heterocycles. The number of nitrogen functional groups attached to an aromatic ring is 1. The standard InChI is InChI=1S/C27H28N8O2/c1-3-5-17-10-12-29-21(14-17)32-27(37)19-8-6-18(7-9-19)24-23-25(28)30-16-31-26(23)35(33-24)20-11-13-34(15-20)22(36)4-2/h4,6-10,12,14,16,20H,2-3,5,11,13,15H2,1H3,(H2,28,30,31)(H,29,32,37)/t20-/m1/s1. The summed E-state index contributed by atoms with van der Waals surface area (Å²) in [6, 6.07) is 10.9. The van der Waals surface area contributed by atoms with E-state index in [2.05, 4.69) is 33.8 Å². The van der Waals surface area contributed by atoms with Crippen molar-refractivity contribution in [2.75, 3.05) is 24.1 Å². The number of carbonyl (C=O) groups excluding carboxylic acids is 2. The Morgan fingerprint density at radius 2 is 2.00 bits per heavy atom. The summed E-state index contributed by atoms with van der Waals surface area (Å²) in [4.78, 5) is 39.5. The van der Waals surface area contributed by atoms with Crippen LogP contribution in [0.1, 0.15) is 41.7 Å². The van der Waals surface area contributed by atoms with Crippen LogP contribution in [-0.2, 0) is 11.2 Å². The van der Waals surface area contributed by atoms with Crippen LogP contribution in [0, 0.1) is 0 Å². The number of likely N-dealkylation sites (tertiary alicyclic amines) is 1. The van der Waals surface area contributed by atoms with E-state index in [0.29, 0.717) is 47.0 Å². The highest BCUT2D eigenvalue weighted by Crippen LogP contribution is 2.34. The lowest BCUT2D eigenvalue weighted by Gasteiger charge is -2.14. The Hall–Kier alpha value is -4.60. The lowest BCUT2D eigenvalue weighted by atomic mass is 10.1. The number of fused-ring (bicyclic) bond motifs is 1. The third-order valence-corrected chi connectivity index (χ3v) is 6.54. The Balaban J connectivity index is 1.42. The lowest BCUT2D eigenvalue weighted by molar-refractivity contribution is -0.125. The predicted octanol–water partition coefficient (Wildman–Crippen LogP) is 3.63. The van der Waals surface area contributed by atoms with Crippen LogP contribution in [0.15, 0.2) is 61.6 Å². The molecule has 3 aromatic heterocycles. The van der Waals surface area contributed by atoms with Crippen molar-refractivity contribution in [2.24, 2.45) is 0 Å². The lowest BCUT2D eigenvalue weighted by Crippen LogP contribution is -2.27. The number of anilines is 2. The minimum atomic E-state index is -0.246. The normalized spacial score (nSPS) is 15.2. The molecule has 10 heteroatoms. The van der Waals surface area contributed by atoms with Crippen molar-refractivity contribution >= 4 is 34.5 Å². The Labute approximate surface area is 214 Å². The first kappa shape index (κ1) is 24.1. The molecule has 1 aromatic carbocycles. The van der Waals surface area contributed by atoms with E-state index in [0.717, 1.165) is 30.4 Å². The van der Waals surface area contributed by atoms with Crippen molar-refractivity contribution in [3.05, 3.63) is 72.7 Å². The fraction of sp³-hybridized carbons (Fsp3) is 0.259. The van der Waals surface area contributed by atoms with E-state index in [4.69, 9.17) is 10.8 Å². The number of nitrogens with one attached hydrogen (secondary N) is 1. The second-order valence-corrected chi connectivity index (χ2v) is 9.01. The number of nitrogens with two attached hydrogens (primary N) is 1. The second kappa shape index (κ2) is 10.2. The summed E-state index contributed by atoms with van der Waals surface area (Å²) in [5, 5.41) is 8.36. The number of pyridine rings is 1. The minimum absolute atomic E-state index is 0.0459. The topological polar surface area (TPSA) is 132 Å². The average molecular weight is 497 g/mol. The molecule has 0 bridgehead atoms. The van der Waals surface area contributed by atoms with E-state index in [1.165, 1.54) is 12.4 Å². The molecule has 1 aliphatic heterocycles. The van der Waals surface area contributed by atoms with E-state index in [1.807, 2.05) is 28.9 Å². The second-order valence-electron chi connectivity index (χ2n) is 9.01. The van der Waals surface area contributed by atoms with E-state index in [1.54, 1.807) is 23.2 Å². The fourth-order valence-corrected chi connectivity index (χ4v) is 4.68. The van der Waals surface area contributed by atoms with Crippen LogP contribution in [0.4, 0.5) is 11.6 Å². The zero-order chi connectivity index (χ0) is 25.9. The van der Waals surface area contributed by atoms with Gasteiger partial charge in [0, 0.05) is 30.4 Å². The first-order valence-corrected chi connectivity index (χ1v) is 12.2. The summed E-state index contributed by atoms with van der Waals surface area (Å²) >= 11 is 0. The van der Waals surface area contributed by atoms with Gasteiger partial charge in [0.15, 0.2) is 5.65 Å². The predicted molar refractivity (Wildman–Crippen MR) is 142 cm³/mol. The molecule has 4 aromatic rings. The zero-order valence-electron chi connectivity index (χ0n) is 20.6. The molecule has 37 heavy (non-hydrogen) atoms. The first-order chi connectivity index (χ1) is 18.0. The van der Waals surface area contributed by atoms with Crippen LogP contribution < -0.4 is 11.1 Å². The summed E-state index contributed by atoms with van der Waals surface area (Å²) in [6.07, 6.45) is 7.13. The summed E-state index contributed by atoms with van der Waals surface area (Å²) in [5.41, 5.74) is 9.89. The number of benzene rings is 1. The fourth-order valence-electron chi connectivity index (χ4n) is 4.68. The Kier molecular flexibility index (Phi) is 6.63. The van der Waals surface area contributed by atoms with Gasteiger partial charge in [-0.3, -0.25) is 9.59 Å². The van der Waals surface area contributed by atoms with Gasteiger partial charge in [0.2, 0.25) is 5.91 Å². The van der Waals surface area contributed by atoms with E-state index in [9.17, 15) is 9.59 Å². The molecule has 0 radical (unpaired) electrons. The van der Waals surface area contributed by atoms with Crippen LogP contribution >= 0.6 is 0 Å². The molecular formula is C27H28N8O2. The van der Waals surface area contributed by atoms with Gasteiger partial charge in [0.1, 0.15) is 23.7 Å². The van der Waals surface area contributed by atoms with E-state index < -0.39 is 0 Å². The maximum atomic E-state index is 12.8. The summed E-state index contributed by atoms with van der Waals surface area (Å²) in [7, 11) is 0. The number of carbonyl (C=O) groups is 2. The number of aryl methyl sites for hydroxylation is 1. The monoisotopic (exact) mass is 496 g/mol. The molecule has 0 saturated carbocycles. The van der Waals surface area contributed by atoms with Crippen molar-refractivity contribution in [1.29, 1.82) is 0 Å². The van der Waals surface area contributed by atoms with Crippen molar-refractivity contribution in [2.45, 2.75) is 32.2 Å². The first-order valence-electron chi connectivity index (χ1n) is 12.2. The maximum Gasteiger partial charge on any atom is 0.256 e. The molecule has 188 valence electrons. The highest BCUT2D eigenvalue weighted by molar-refractivity contribution is 6.04. The highest BCUT2D eigenvalue weighted by Gasteiger charge is 2.30. The molecule has 1 atom stereocenters. The van der Waals surface area contributed by atoms with Gasteiger partial charge in [-0.25, -0.2) is 19.6 Å². The molecule has 0 aliphatic carbocycles. The van der Waals surface area contributed by atoms with Crippen LogP contribution in [0.3, 0.4) is 0 Å². The molecule has 0 spiro atoms. The van der Waals surface area contributed by atoms with Crippen LogP contribution in [0.5, 0.6) is 0 Å². The van der Waals surface area contributed by atoms with E-state index in [-0.39, 0.29) is 17.9 Å². The van der Waals surface area contributed by atoms with Crippen molar-refractivity contribution in [3.8, 4) is 11.3 Å². The molecule has 1 saturated heterocycles. The SMILES string of the molecule is C=CC(=O)N1CC[C@@H](n2nc(-c3ccc(C(=O)Nc4cc(CCC)ccn4)cc3)c3c(N)ncnc32)C1. The van der Waals surface area contributed by atoms with Gasteiger partial charge in [-0.1, -0.05) is 32.1 Å². The van der Waals surface area contributed by atoms with Crippen molar-refractivity contribution < 1.29 is 9.59 Å². The molecular weight excluding hydrogens is 468 g/mol. The largest absolute Gasteiger partial charge is 0.383 e. The molecule has 0 unspecified atom stereocenters. The van der Waals surface area contributed by atoms with Gasteiger partial charge >= 0.3 is 0 Å². The Morgan fingerprint density at radius 3 is 2.76 bits per heavy atom. The number of hydrogen-bond acceptors (Lipinski definition) is 7. The Bertz CT molecular complexity index is 1480. The van der Waals surface area contributed by atoms with E-state index >= 15 is 0 Å².